The zero-order valence-electron chi connectivity index (χ0n) is 20.6. The summed E-state index contributed by atoms with van der Waals surface area (Å²) in [6.07, 6.45) is -2.29. The van der Waals surface area contributed by atoms with Gasteiger partial charge in [-0.3, -0.25) is 9.59 Å². The third-order valence-corrected chi connectivity index (χ3v) is 6.48. The van der Waals surface area contributed by atoms with Gasteiger partial charge in [0.2, 0.25) is 0 Å². The molecule has 38 heavy (non-hydrogen) atoms. The number of aryl methyl sites for hydroxylation is 2. The zero-order valence-corrected chi connectivity index (χ0v) is 20.6. The van der Waals surface area contributed by atoms with Crippen molar-refractivity contribution in [3.8, 4) is 11.3 Å². The average Bonchev–Trinajstić information content (AvgIpc) is 3.05. The van der Waals surface area contributed by atoms with Crippen molar-refractivity contribution in [3.63, 3.8) is 0 Å². The second-order valence-electron chi connectivity index (χ2n) is 9.04. The number of halogens is 3. The van der Waals surface area contributed by atoms with E-state index in [4.69, 9.17) is 0 Å². The van der Waals surface area contributed by atoms with Crippen LogP contribution in [0.4, 0.5) is 24.5 Å². The Bertz CT molecular complexity index is 1570. The van der Waals surface area contributed by atoms with E-state index in [1.807, 2.05) is 31.2 Å². The molecular formula is C29H23F3N4O2. The Kier molecular flexibility index (Phi) is 6.44. The molecule has 9 heteroatoms. The first-order valence-corrected chi connectivity index (χ1v) is 12.0. The van der Waals surface area contributed by atoms with Gasteiger partial charge in [-0.2, -0.15) is 13.2 Å². The van der Waals surface area contributed by atoms with E-state index in [0.29, 0.717) is 29.9 Å². The van der Waals surface area contributed by atoms with Crippen LogP contribution in [-0.2, 0) is 12.6 Å². The number of amides is 2. The van der Waals surface area contributed by atoms with Gasteiger partial charge in [-0.15, -0.1) is 0 Å². The molecule has 0 radical (unpaired) electrons. The van der Waals surface area contributed by atoms with E-state index >= 15 is 0 Å². The Morgan fingerprint density at radius 1 is 0.947 bits per heavy atom. The lowest BCUT2D eigenvalue weighted by atomic mass is 10.0. The molecule has 4 aromatic rings. The lowest BCUT2D eigenvalue weighted by Crippen LogP contribution is -2.33. The molecule has 6 nitrogen and oxygen atoms in total. The van der Waals surface area contributed by atoms with Gasteiger partial charge in [0, 0.05) is 29.6 Å². The summed E-state index contributed by atoms with van der Waals surface area (Å²) in [5.41, 5.74) is 3.12. The van der Waals surface area contributed by atoms with Crippen LogP contribution in [0.5, 0.6) is 0 Å². The number of rotatable bonds is 3. The molecule has 1 aliphatic heterocycles. The highest BCUT2D eigenvalue weighted by molar-refractivity contribution is 6.10. The summed E-state index contributed by atoms with van der Waals surface area (Å²) in [6.45, 7) is 3.96. The number of hydrogen-bond donors (Lipinski definition) is 1. The Hall–Kier alpha value is -4.53. The first-order valence-electron chi connectivity index (χ1n) is 12.0. The summed E-state index contributed by atoms with van der Waals surface area (Å²) in [5, 5.41) is 2.52. The number of anilines is 2. The third-order valence-electron chi connectivity index (χ3n) is 6.48. The first kappa shape index (κ1) is 25.1. The molecule has 0 fully saturated rings. The molecule has 0 atom stereocenters. The Labute approximate surface area is 217 Å². The Balaban J connectivity index is 1.43. The summed E-state index contributed by atoms with van der Waals surface area (Å²) in [4.78, 5) is 37.0. The fourth-order valence-corrected chi connectivity index (χ4v) is 4.64. The molecule has 2 heterocycles. The predicted octanol–water partition coefficient (Wildman–Crippen LogP) is 6.23. The fraction of sp³-hybridized carbons (Fsp3) is 0.172. The molecule has 0 saturated carbocycles. The van der Waals surface area contributed by atoms with E-state index in [1.165, 1.54) is 18.2 Å². The van der Waals surface area contributed by atoms with Gasteiger partial charge in [-0.25, -0.2) is 9.97 Å². The maximum atomic E-state index is 13.7. The number of hydrogen-bond acceptors (Lipinski definition) is 4. The van der Waals surface area contributed by atoms with Crippen molar-refractivity contribution in [2.45, 2.75) is 26.4 Å². The third kappa shape index (κ3) is 4.74. The van der Waals surface area contributed by atoms with Crippen LogP contribution in [-0.4, -0.2) is 28.3 Å². The second-order valence-corrected chi connectivity index (χ2v) is 9.04. The van der Waals surface area contributed by atoms with Gasteiger partial charge in [0.05, 0.1) is 22.5 Å². The highest BCUT2D eigenvalue weighted by Crippen LogP contribution is 2.36. The quantitative estimate of drug-likeness (QED) is 0.350. The van der Waals surface area contributed by atoms with Gasteiger partial charge in [-0.1, -0.05) is 30.3 Å². The van der Waals surface area contributed by atoms with Gasteiger partial charge >= 0.3 is 6.18 Å². The van der Waals surface area contributed by atoms with Crippen LogP contribution in [0, 0.1) is 13.8 Å². The summed E-state index contributed by atoms with van der Waals surface area (Å²) >= 11 is 0. The van der Waals surface area contributed by atoms with Gasteiger partial charge in [0.15, 0.2) is 0 Å². The maximum Gasteiger partial charge on any atom is 0.417 e. The topological polar surface area (TPSA) is 75.2 Å². The standard InChI is InChI=1S/C29H23F3N4O2/c1-17-15-20(35-27(37)22-7-3-5-9-24(22)29(30,31)32)11-12-21(17)28(38)36-14-13-19-16-33-18(2)34-26(19)23-8-4-6-10-25(23)36/h3-12,15-16H,13-14H2,1-2H3,(H,35,37). The molecule has 3 aromatic carbocycles. The summed E-state index contributed by atoms with van der Waals surface area (Å²) in [6, 6.07) is 16.8. The monoisotopic (exact) mass is 516 g/mol. The molecule has 192 valence electrons. The van der Waals surface area contributed by atoms with Gasteiger partial charge in [0.1, 0.15) is 5.82 Å². The molecule has 0 spiro atoms. The van der Waals surface area contributed by atoms with Crippen molar-refractivity contribution in [2.75, 3.05) is 16.8 Å². The largest absolute Gasteiger partial charge is 0.417 e. The van der Waals surface area contributed by atoms with Gasteiger partial charge in [0.25, 0.3) is 11.8 Å². The number of nitrogens with zero attached hydrogens (tertiary/aromatic N) is 3. The van der Waals surface area contributed by atoms with E-state index in [-0.39, 0.29) is 11.6 Å². The molecule has 1 aliphatic rings. The molecule has 1 aromatic heterocycles. The number of carbonyl (C=O) groups is 2. The number of nitrogens with one attached hydrogen (secondary N) is 1. The highest BCUT2D eigenvalue weighted by atomic mass is 19.4. The molecule has 2 amide bonds. The highest BCUT2D eigenvalue weighted by Gasteiger charge is 2.35. The van der Waals surface area contributed by atoms with Crippen LogP contribution in [0.1, 0.15) is 43.2 Å². The maximum absolute atomic E-state index is 13.7. The van der Waals surface area contributed by atoms with Crippen LogP contribution in [0.2, 0.25) is 0 Å². The lowest BCUT2D eigenvalue weighted by molar-refractivity contribution is -0.137. The smallest absolute Gasteiger partial charge is 0.322 e. The summed E-state index contributed by atoms with van der Waals surface area (Å²) < 4.78 is 40.0. The van der Waals surface area contributed by atoms with Crippen LogP contribution in [0.15, 0.2) is 72.9 Å². The number of benzene rings is 3. The van der Waals surface area contributed by atoms with Crippen molar-refractivity contribution in [3.05, 3.63) is 107 Å². The fourth-order valence-electron chi connectivity index (χ4n) is 4.64. The van der Waals surface area contributed by atoms with E-state index in [0.717, 1.165) is 34.6 Å². The second kappa shape index (κ2) is 9.74. The molecule has 0 bridgehead atoms. The number of fused-ring (bicyclic) bond motifs is 3. The van der Waals surface area contributed by atoms with Crippen LogP contribution >= 0.6 is 0 Å². The van der Waals surface area contributed by atoms with Gasteiger partial charge in [-0.05, 0) is 67.8 Å². The minimum absolute atomic E-state index is 0.229. The SMILES string of the molecule is Cc1ncc2c(n1)-c1ccccc1N(C(=O)c1ccc(NC(=O)c3ccccc3C(F)(F)F)cc1C)CC2. The molecule has 5 rings (SSSR count). The number of aromatic nitrogens is 2. The minimum Gasteiger partial charge on any atom is -0.322 e. The molecular weight excluding hydrogens is 493 g/mol. The van der Waals surface area contributed by atoms with Crippen LogP contribution in [0.3, 0.4) is 0 Å². The summed E-state index contributed by atoms with van der Waals surface area (Å²) in [7, 11) is 0. The van der Waals surface area contributed by atoms with Crippen molar-refractivity contribution >= 4 is 23.2 Å². The van der Waals surface area contributed by atoms with E-state index in [9.17, 15) is 22.8 Å². The predicted molar refractivity (Wildman–Crippen MR) is 138 cm³/mol. The normalized spacial score (nSPS) is 12.8. The van der Waals surface area contributed by atoms with E-state index < -0.39 is 23.2 Å². The molecule has 1 N–H and O–H groups in total. The van der Waals surface area contributed by atoms with Crippen molar-refractivity contribution in [2.24, 2.45) is 0 Å². The zero-order chi connectivity index (χ0) is 27.0. The van der Waals surface area contributed by atoms with E-state index in [2.05, 4.69) is 15.3 Å². The van der Waals surface area contributed by atoms with E-state index in [1.54, 1.807) is 30.2 Å². The Morgan fingerprint density at radius 3 is 2.45 bits per heavy atom. The number of alkyl halides is 3. The van der Waals surface area contributed by atoms with Crippen LogP contribution in [0.25, 0.3) is 11.3 Å². The van der Waals surface area contributed by atoms with Crippen LogP contribution < -0.4 is 10.2 Å². The lowest BCUT2D eigenvalue weighted by Gasteiger charge is -2.24. The minimum atomic E-state index is -4.66. The summed E-state index contributed by atoms with van der Waals surface area (Å²) in [5.74, 6) is -0.468. The Morgan fingerprint density at radius 2 is 1.68 bits per heavy atom. The average molecular weight is 517 g/mol. The van der Waals surface area contributed by atoms with Crippen molar-refractivity contribution in [1.29, 1.82) is 0 Å². The first-order chi connectivity index (χ1) is 18.1. The number of carbonyl (C=O) groups excluding carboxylic acids is 2. The molecule has 0 aliphatic carbocycles. The van der Waals surface area contributed by atoms with Gasteiger partial charge < -0.3 is 10.2 Å². The number of para-hydroxylation sites is 1. The van der Waals surface area contributed by atoms with Crippen molar-refractivity contribution in [1.82, 2.24) is 9.97 Å². The van der Waals surface area contributed by atoms with Crippen molar-refractivity contribution < 1.29 is 22.8 Å². The molecule has 0 saturated heterocycles. The molecule has 0 unspecified atom stereocenters.